The van der Waals surface area contributed by atoms with E-state index in [0.717, 1.165) is 6.42 Å². The Bertz CT molecular complexity index is 440. The predicted molar refractivity (Wildman–Crippen MR) is 61.0 cm³/mol. The van der Waals surface area contributed by atoms with E-state index in [9.17, 15) is 13.2 Å². The Balaban J connectivity index is 2.70. The molecule has 16 heavy (non-hydrogen) atoms. The van der Waals surface area contributed by atoms with Crippen molar-refractivity contribution in [1.82, 2.24) is 4.72 Å². The molecule has 87 valence electrons. The fraction of sp³-hybridized carbons (Fsp3) is 0.273. The maximum atomic E-state index is 11.7. The van der Waals surface area contributed by atoms with Gasteiger partial charge in [-0.25, -0.2) is 13.1 Å². The summed E-state index contributed by atoms with van der Waals surface area (Å²) in [4.78, 5) is 11.3. The molecule has 0 aliphatic heterocycles. The van der Waals surface area contributed by atoms with Gasteiger partial charge in [0.1, 0.15) is 0 Å². The Morgan fingerprint density at radius 3 is 2.50 bits per heavy atom. The summed E-state index contributed by atoms with van der Waals surface area (Å²) >= 11 is 0. The van der Waals surface area contributed by atoms with Gasteiger partial charge in [-0.05, 0) is 18.6 Å². The largest absolute Gasteiger partial charge is 0.274 e. The van der Waals surface area contributed by atoms with Gasteiger partial charge < -0.3 is 0 Å². The Morgan fingerprint density at radius 1 is 1.31 bits per heavy atom. The molecule has 0 aliphatic carbocycles. The molecule has 4 nitrogen and oxygen atoms in total. The second-order valence-electron chi connectivity index (χ2n) is 3.28. The van der Waals surface area contributed by atoms with Crippen molar-refractivity contribution in [3.8, 4) is 0 Å². The second kappa shape index (κ2) is 5.65. The van der Waals surface area contributed by atoms with Gasteiger partial charge in [0.25, 0.3) is 10.0 Å². The summed E-state index contributed by atoms with van der Waals surface area (Å²) < 4.78 is 25.3. The third-order valence-electron chi connectivity index (χ3n) is 1.91. The summed E-state index contributed by atoms with van der Waals surface area (Å²) in [5.74, 6) is -0.578. The molecule has 0 saturated heterocycles. The van der Waals surface area contributed by atoms with Gasteiger partial charge in [0.2, 0.25) is 5.91 Å². The average Bonchev–Trinajstić information content (AvgIpc) is 2.27. The number of benzene rings is 1. The van der Waals surface area contributed by atoms with Crippen LogP contribution in [0.5, 0.6) is 0 Å². The van der Waals surface area contributed by atoms with Crippen LogP contribution >= 0.6 is 0 Å². The van der Waals surface area contributed by atoms with Crippen molar-refractivity contribution in [1.29, 1.82) is 0 Å². The molecule has 1 aromatic rings. The van der Waals surface area contributed by atoms with Gasteiger partial charge in [0, 0.05) is 0 Å². The molecular weight excluding hydrogens is 226 g/mol. The fourth-order valence-corrected chi connectivity index (χ4v) is 2.09. The van der Waals surface area contributed by atoms with E-state index in [1.54, 1.807) is 18.2 Å². The van der Waals surface area contributed by atoms with Gasteiger partial charge in [-0.2, -0.15) is 0 Å². The highest BCUT2D eigenvalue weighted by Gasteiger charge is 2.16. The number of amides is 1. The number of carbonyl (C=O) groups is 1. The summed E-state index contributed by atoms with van der Waals surface area (Å²) in [5, 5.41) is 0. The molecule has 5 heteroatoms. The minimum Gasteiger partial charge on any atom is -0.274 e. The van der Waals surface area contributed by atoms with Crippen molar-refractivity contribution in [2.75, 3.05) is 0 Å². The van der Waals surface area contributed by atoms with E-state index < -0.39 is 15.9 Å². The minimum atomic E-state index is -3.72. The second-order valence-corrected chi connectivity index (χ2v) is 4.96. The van der Waals surface area contributed by atoms with Crippen LogP contribution in [0.1, 0.15) is 19.8 Å². The van der Waals surface area contributed by atoms with Crippen LogP contribution in [0.25, 0.3) is 0 Å². The van der Waals surface area contributed by atoms with E-state index in [0.29, 0.717) is 6.42 Å². The highest BCUT2D eigenvalue weighted by atomic mass is 32.2. The van der Waals surface area contributed by atoms with Crippen molar-refractivity contribution >= 4 is 15.9 Å². The van der Waals surface area contributed by atoms with E-state index in [1.165, 1.54) is 18.6 Å². The number of unbranched alkanes of at least 4 members (excludes halogenated alkanes) is 1. The lowest BCUT2D eigenvalue weighted by atomic mass is 10.2. The zero-order valence-electron chi connectivity index (χ0n) is 9.01. The first-order chi connectivity index (χ1) is 7.56. The summed E-state index contributed by atoms with van der Waals surface area (Å²) in [7, 11) is -3.72. The summed E-state index contributed by atoms with van der Waals surface area (Å²) in [5.41, 5.74) is 0. The molecule has 0 bridgehead atoms. The number of sulfonamides is 1. The molecule has 0 spiro atoms. The lowest BCUT2D eigenvalue weighted by Crippen LogP contribution is -2.30. The molecule has 0 aliphatic rings. The van der Waals surface area contributed by atoms with Gasteiger partial charge >= 0.3 is 0 Å². The molecule has 1 N–H and O–H groups in total. The third-order valence-corrected chi connectivity index (χ3v) is 3.27. The SMILES string of the molecule is CCC[CH]C(=O)NS(=O)(=O)c1ccccc1. The normalized spacial score (nSPS) is 11.1. The lowest BCUT2D eigenvalue weighted by Gasteiger charge is -2.05. The van der Waals surface area contributed by atoms with Crippen molar-refractivity contribution in [2.45, 2.75) is 24.7 Å². The van der Waals surface area contributed by atoms with Crippen molar-refractivity contribution in [3.05, 3.63) is 36.8 Å². The van der Waals surface area contributed by atoms with Gasteiger partial charge in [-0.1, -0.05) is 31.5 Å². The maximum absolute atomic E-state index is 11.7. The van der Waals surface area contributed by atoms with Crippen LogP contribution in [0.3, 0.4) is 0 Å². The van der Waals surface area contributed by atoms with Gasteiger partial charge in [0.15, 0.2) is 0 Å². The standard InChI is InChI=1S/C11H14NO3S/c1-2-3-9-11(13)12-16(14,15)10-7-5-4-6-8-10/h4-9H,2-3H2,1H3,(H,12,13). The van der Waals surface area contributed by atoms with E-state index in [-0.39, 0.29) is 4.90 Å². The molecule has 0 aromatic heterocycles. The molecule has 0 fully saturated rings. The number of carbonyl (C=O) groups excluding carboxylic acids is 1. The highest BCUT2D eigenvalue weighted by molar-refractivity contribution is 7.90. The molecular formula is C11H14NO3S. The van der Waals surface area contributed by atoms with Crippen LogP contribution in [-0.4, -0.2) is 14.3 Å². The number of hydrogen-bond donors (Lipinski definition) is 1. The average molecular weight is 240 g/mol. The van der Waals surface area contributed by atoms with E-state index in [4.69, 9.17) is 0 Å². The van der Waals surface area contributed by atoms with Gasteiger partial charge in [-0.3, -0.25) is 4.79 Å². The van der Waals surface area contributed by atoms with Crippen LogP contribution in [0.15, 0.2) is 35.2 Å². The van der Waals surface area contributed by atoms with Crippen molar-refractivity contribution in [3.63, 3.8) is 0 Å². The fourth-order valence-electron chi connectivity index (χ4n) is 1.11. The Morgan fingerprint density at radius 2 is 1.94 bits per heavy atom. The quantitative estimate of drug-likeness (QED) is 0.848. The van der Waals surface area contributed by atoms with Gasteiger partial charge in [-0.15, -0.1) is 0 Å². The molecule has 1 aromatic carbocycles. The zero-order valence-corrected chi connectivity index (χ0v) is 9.83. The van der Waals surface area contributed by atoms with Crippen LogP contribution in [0.2, 0.25) is 0 Å². The van der Waals surface area contributed by atoms with E-state index in [2.05, 4.69) is 0 Å². The minimum absolute atomic E-state index is 0.0910. The Hall–Kier alpha value is -1.36. The molecule has 0 unspecified atom stereocenters. The molecule has 1 rings (SSSR count). The van der Waals surface area contributed by atoms with Crippen LogP contribution in [0.4, 0.5) is 0 Å². The van der Waals surface area contributed by atoms with Crippen LogP contribution < -0.4 is 4.72 Å². The molecule has 0 saturated carbocycles. The number of hydrogen-bond acceptors (Lipinski definition) is 3. The maximum Gasteiger partial charge on any atom is 0.264 e. The smallest absolute Gasteiger partial charge is 0.264 e. The summed E-state index contributed by atoms with van der Waals surface area (Å²) in [6, 6.07) is 7.80. The Kier molecular flexibility index (Phi) is 4.49. The Labute approximate surface area is 95.7 Å². The van der Waals surface area contributed by atoms with Crippen LogP contribution in [-0.2, 0) is 14.8 Å². The van der Waals surface area contributed by atoms with Crippen molar-refractivity contribution in [2.24, 2.45) is 0 Å². The monoisotopic (exact) mass is 240 g/mol. The first kappa shape index (κ1) is 12.7. The summed E-state index contributed by atoms with van der Waals surface area (Å²) in [6.45, 7) is 1.91. The number of rotatable bonds is 5. The van der Waals surface area contributed by atoms with Crippen molar-refractivity contribution < 1.29 is 13.2 Å². The topological polar surface area (TPSA) is 63.2 Å². The highest BCUT2D eigenvalue weighted by Crippen LogP contribution is 2.07. The van der Waals surface area contributed by atoms with E-state index >= 15 is 0 Å². The lowest BCUT2D eigenvalue weighted by molar-refractivity contribution is -0.116. The zero-order chi connectivity index (χ0) is 12.0. The summed E-state index contributed by atoms with van der Waals surface area (Å²) in [6.07, 6.45) is 2.70. The number of nitrogens with one attached hydrogen (secondary N) is 1. The first-order valence-electron chi connectivity index (χ1n) is 5.01. The van der Waals surface area contributed by atoms with Gasteiger partial charge in [0.05, 0.1) is 11.3 Å². The van der Waals surface area contributed by atoms with E-state index in [1.807, 2.05) is 11.6 Å². The molecule has 1 radical (unpaired) electrons. The first-order valence-corrected chi connectivity index (χ1v) is 6.49. The predicted octanol–water partition coefficient (Wildman–Crippen LogP) is 1.50. The third kappa shape index (κ3) is 3.66. The molecule has 1 amide bonds. The van der Waals surface area contributed by atoms with Crippen LogP contribution in [0, 0.1) is 6.42 Å². The molecule has 0 atom stereocenters. The molecule has 0 heterocycles.